The maximum absolute atomic E-state index is 11.8. The van der Waals surface area contributed by atoms with Gasteiger partial charge in [0, 0.05) is 18.0 Å². The molecule has 0 aromatic heterocycles. The molecule has 2 rings (SSSR count). The van der Waals surface area contributed by atoms with Gasteiger partial charge in [-0.15, -0.1) is 0 Å². The first-order chi connectivity index (χ1) is 7.23. The van der Waals surface area contributed by atoms with E-state index in [1.165, 1.54) is 0 Å². The Labute approximate surface area is 90.8 Å². The molecule has 0 aromatic rings. The highest BCUT2D eigenvalue weighted by atomic mass is 16.3. The predicted molar refractivity (Wildman–Crippen MR) is 58.3 cm³/mol. The molecule has 1 aliphatic heterocycles. The van der Waals surface area contributed by atoms with Gasteiger partial charge in [0.05, 0.1) is 6.61 Å². The maximum atomic E-state index is 11.8. The molecule has 0 spiro atoms. The van der Waals surface area contributed by atoms with Crippen LogP contribution < -0.4 is 0 Å². The van der Waals surface area contributed by atoms with E-state index in [2.05, 4.69) is 0 Å². The van der Waals surface area contributed by atoms with Crippen LogP contribution in [0.2, 0.25) is 0 Å². The van der Waals surface area contributed by atoms with Crippen molar-refractivity contribution in [3.63, 3.8) is 0 Å². The first-order valence-electron chi connectivity index (χ1n) is 5.78. The van der Waals surface area contributed by atoms with Crippen molar-refractivity contribution in [3.8, 4) is 0 Å². The van der Waals surface area contributed by atoms with E-state index in [1.54, 1.807) is 12.2 Å². The predicted octanol–water partition coefficient (Wildman–Crippen LogP) is 1.33. The van der Waals surface area contributed by atoms with Crippen molar-refractivity contribution in [1.82, 2.24) is 4.90 Å². The first kappa shape index (κ1) is 10.7. The summed E-state index contributed by atoms with van der Waals surface area (Å²) in [6, 6.07) is 0.284. The number of rotatable bonds is 2. The smallest absolute Gasteiger partial charge is 0.246 e. The third-order valence-corrected chi connectivity index (χ3v) is 3.99. The number of allylic oxidation sites excluding steroid dienone is 1. The Morgan fingerprint density at radius 2 is 2.40 bits per heavy atom. The van der Waals surface area contributed by atoms with Gasteiger partial charge in [0.1, 0.15) is 0 Å². The summed E-state index contributed by atoms with van der Waals surface area (Å²) < 4.78 is 0. The molecule has 2 fully saturated rings. The Kier molecular flexibility index (Phi) is 2.83. The highest BCUT2D eigenvalue weighted by Crippen LogP contribution is 2.48. The average molecular weight is 209 g/mol. The Morgan fingerprint density at radius 3 is 3.07 bits per heavy atom. The van der Waals surface area contributed by atoms with Crippen LogP contribution in [0.5, 0.6) is 0 Å². The van der Waals surface area contributed by atoms with Gasteiger partial charge in [-0.25, -0.2) is 0 Å². The molecule has 1 aliphatic carbocycles. The lowest BCUT2D eigenvalue weighted by Gasteiger charge is -2.30. The number of aliphatic hydroxyl groups is 1. The Hall–Kier alpha value is -0.830. The lowest BCUT2D eigenvalue weighted by Crippen LogP contribution is -2.40. The second-order valence-corrected chi connectivity index (χ2v) is 4.71. The molecule has 15 heavy (non-hydrogen) atoms. The van der Waals surface area contributed by atoms with Crippen LogP contribution in [0.4, 0.5) is 0 Å². The molecule has 0 radical (unpaired) electrons. The van der Waals surface area contributed by atoms with Gasteiger partial charge in [0.25, 0.3) is 0 Å². The molecule has 3 nitrogen and oxygen atoms in total. The summed E-state index contributed by atoms with van der Waals surface area (Å²) in [5.41, 5.74) is 0.0250. The van der Waals surface area contributed by atoms with Gasteiger partial charge >= 0.3 is 0 Å². The molecule has 1 saturated heterocycles. The number of aliphatic hydroxyl groups excluding tert-OH is 1. The number of fused-ring (bicyclic) bond motifs is 1. The normalized spacial score (nSPS) is 35.1. The summed E-state index contributed by atoms with van der Waals surface area (Å²) in [6.45, 7) is 2.91. The van der Waals surface area contributed by atoms with Gasteiger partial charge in [0.15, 0.2) is 0 Å². The standard InChI is InChI=1S/C12H19NO2/c1-2-4-11(15)13-8-7-12(9-14)6-3-5-10(12)13/h2,4,10,14H,3,5-9H2,1H3/b4-2+/t10-,12-/m1/s1. The van der Waals surface area contributed by atoms with Crippen molar-refractivity contribution in [2.75, 3.05) is 13.2 Å². The lowest BCUT2D eigenvalue weighted by molar-refractivity contribution is -0.127. The van der Waals surface area contributed by atoms with Crippen LogP contribution in [-0.2, 0) is 4.79 Å². The molecule has 1 heterocycles. The van der Waals surface area contributed by atoms with Gasteiger partial charge < -0.3 is 10.0 Å². The zero-order valence-corrected chi connectivity index (χ0v) is 9.28. The Bertz CT molecular complexity index is 287. The topological polar surface area (TPSA) is 40.5 Å². The van der Waals surface area contributed by atoms with Crippen LogP contribution in [0.3, 0.4) is 0 Å². The minimum Gasteiger partial charge on any atom is -0.396 e. The number of amides is 1. The van der Waals surface area contributed by atoms with E-state index >= 15 is 0 Å². The summed E-state index contributed by atoms with van der Waals surface area (Å²) >= 11 is 0. The molecule has 3 heteroatoms. The number of carbonyl (C=O) groups is 1. The number of likely N-dealkylation sites (tertiary alicyclic amines) is 1. The third-order valence-electron chi connectivity index (χ3n) is 3.99. The number of hydrogen-bond donors (Lipinski definition) is 1. The summed E-state index contributed by atoms with van der Waals surface area (Å²) in [5, 5.41) is 9.50. The van der Waals surface area contributed by atoms with Crippen molar-refractivity contribution >= 4 is 5.91 Å². The SMILES string of the molecule is C/C=C/C(=O)N1CC[C@@]2(CO)CCC[C@@H]12. The van der Waals surface area contributed by atoms with E-state index in [1.807, 2.05) is 11.8 Å². The van der Waals surface area contributed by atoms with Crippen LogP contribution in [0.25, 0.3) is 0 Å². The molecule has 2 atom stereocenters. The highest BCUT2D eigenvalue weighted by Gasteiger charge is 2.50. The largest absolute Gasteiger partial charge is 0.396 e. The van der Waals surface area contributed by atoms with Crippen LogP contribution in [0.1, 0.15) is 32.6 Å². The molecule has 1 amide bonds. The van der Waals surface area contributed by atoms with Crippen LogP contribution >= 0.6 is 0 Å². The fraction of sp³-hybridized carbons (Fsp3) is 0.750. The fourth-order valence-corrected chi connectivity index (χ4v) is 3.16. The average Bonchev–Trinajstić information content (AvgIpc) is 2.75. The van der Waals surface area contributed by atoms with Crippen molar-refractivity contribution in [3.05, 3.63) is 12.2 Å². The van der Waals surface area contributed by atoms with Crippen molar-refractivity contribution in [1.29, 1.82) is 0 Å². The van der Waals surface area contributed by atoms with Crippen LogP contribution in [-0.4, -0.2) is 35.1 Å². The first-order valence-corrected chi connectivity index (χ1v) is 5.78. The van der Waals surface area contributed by atoms with E-state index in [-0.39, 0.29) is 24.0 Å². The molecular weight excluding hydrogens is 190 g/mol. The number of carbonyl (C=O) groups excluding carboxylic acids is 1. The highest BCUT2D eigenvalue weighted by molar-refractivity contribution is 5.88. The zero-order valence-electron chi connectivity index (χ0n) is 9.28. The van der Waals surface area contributed by atoms with Crippen molar-refractivity contribution in [2.24, 2.45) is 5.41 Å². The Morgan fingerprint density at radius 1 is 1.60 bits per heavy atom. The summed E-state index contributed by atoms with van der Waals surface area (Å²) in [4.78, 5) is 13.8. The third kappa shape index (κ3) is 1.59. The summed E-state index contributed by atoms with van der Waals surface area (Å²) in [5.74, 6) is 0.111. The van der Waals surface area contributed by atoms with Gasteiger partial charge in [-0.1, -0.05) is 12.5 Å². The lowest BCUT2D eigenvalue weighted by atomic mass is 9.83. The van der Waals surface area contributed by atoms with Crippen molar-refractivity contribution < 1.29 is 9.90 Å². The van der Waals surface area contributed by atoms with E-state index in [9.17, 15) is 9.90 Å². The molecule has 0 bridgehead atoms. The fourth-order valence-electron chi connectivity index (χ4n) is 3.16. The summed E-state index contributed by atoms with van der Waals surface area (Å²) in [6.07, 6.45) is 7.67. The molecule has 0 unspecified atom stereocenters. The quantitative estimate of drug-likeness (QED) is 0.697. The number of nitrogens with zero attached hydrogens (tertiary/aromatic N) is 1. The van der Waals surface area contributed by atoms with Crippen molar-refractivity contribution in [2.45, 2.75) is 38.6 Å². The molecule has 0 aromatic carbocycles. The molecule has 1 N–H and O–H groups in total. The van der Waals surface area contributed by atoms with Gasteiger partial charge in [-0.2, -0.15) is 0 Å². The second kappa shape index (κ2) is 3.97. The second-order valence-electron chi connectivity index (χ2n) is 4.71. The monoisotopic (exact) mass is 209 g/mol. The van der Waals surface area contributed by atoms with E-state index in [0.717, 1.165) is 32.2 Å². The van der Waals surface area contributed by atoms with E-state index < -0.39 is 0 Å². The van der Waals surface area contributed by atoms with E-state index in [0.29, 0.717) is 0 Å². The van der Waals surface area contributed by atoms with Gasteiger partial charge in [0.2, 0.25) is 5.91 Å². The maximum Gasteiger partial charge on any atom is 0.246 e. The molecule has 2 aliphatic rings. The van der Waals surface area contributed by atoms with Crippen LogP contribution in [0.15, 0.2) is 12.2 Å². The molecule has 1 saturated carbocycles. The van der Waals surface area contributed by atoms with Crippen LogP contribution in [0, 0.1) is 5.41 Å². The molecule has 84 valence electrons. The number of hydrogen-bond acceptors (Lipinski definition) is 2. The summed E-state index contributed by atoms with van der Waals surface area (Å²) in [7, 11) is 0. The minimum atomic E-state index is 0.0250. The van der Waals surface area contributed by atoms with Gasteiger partial charge in [-0.05, 0) is 32.3 Å². The van der Waals surface area contributed by atoms with Gasteiger partial charge in [-0.3, -0.25) is 4.79 Å². The van der Waals surface area contributed by atoms with E-state index in [4.69, 9.17) is 0 Å². The minimum absolute atomic E-state index is 0.0250. The zero-order chi connectivity index (χ0) is 10.9. The molecular formula is C12H19NO2. The Balaban J connectivity index is 2.15.